The van der Waals surface area contributed by atoms with Gasteiger partial charge in [0.2, 0.25) is 5.91 Å². The monoisotopic (exact) mass is 364 g/mol. The number of hydrogen-bond acceptors (Lipinski definition) is 3. The predicted octanol–water partition coefficient (Wildman–Crippen LogP) is 3.67. The number of rotatable bonds is 5. The Morgan fingerprint density at radius 2 is 1.67 bits per heavy atom. The van der Waals surface area contributed by atoms with Gasteiger partial charge in [-0.3, -0.25) is 9.69 Å². The van der Waals surface area contributed by atoms with Gasteiger partial charge >= 0.3 is 0 Å². The van der Waals surface area contributed by atoms with Crippen LogP contribution in [0.5, 0.6) is 5.75 Å². The van der Waals surface area contributed by atoms with Crippen LogP contribution < -0.4 is 4.74 Å². The SMILES string of the molecule is COc1cc(C)c(/C=C/C(=O)N2CCN(Cc3ccccc3)CC2)c(C)c1. The summed E-state index contributed by atoms with van der Waals surface area (Å²) in [5.74, 6) is 0.937. The van der Waals surface area contributed by atoms with E-state index in [0.717, 1.165) is 55.2 Å². The Morgan fingerprint density at radius 3 is 2.26 bits per heavy atom. The van der Waals surface area contributed by atoms with Crippen LogP contribution in [0.4, 0.5) is 0 Å². The summed E-state index contributed by atoms with van der Waals surface area (Å²) in [6.07, 6.45) is 3.64. The largest absolute Gasteiger partial charge is 0.497 e. The Labute approximate surface area is 162 Å². The summed E-state index contributed by atoms with van der Waals surface area (Å²) in [7, 11) is 1.67. The molecule has 0 aliphatic carbocycles. The average Bonchev–Trinajstić information content (AvgIpc) is 2.68. The zero-order chi connectivity index (χ0) is 19.2. The zero-order valence-electron chi connectivity index (χ0n) is 16.4. The van der Waals surface area contributed by atoms with Gasteiger partial charge in [0.25, 0.3) is 0 Å². The van der Waals surface area contributed by atoms with Crippen molar-refractivity contribution < 1.29 is 9.53 Å². The summed E-state index contributed by atoms with van der Waals surface area (Å²) in [5.41, 5.74) is 4.64. The summed E-state index contributed by atoms with van der Waals surface area (Å²) >= 11 is 0. The zero-order valence-corrected chi connectivity index (χ0v) is 16.4. The number of benzene rings is 2. The lowest BCUT2D eigenvalue weighted by Gasteiger charge is -2.34. The van der Waals surface area contributed by atoms with Gasteiger partial charge in [-0.15, -0.1) is 0 Å². The van der Waals surface area contributed by atoms with Gasteiger partial charge in [-0.05, 0) is 54.3 Å². The van der Waals surface area contributed by atoms with E-state index in [1.807, 2.05) is 43.0 Å². The van der Waals surface area contributed by atoms with E-state index in [9.17, 15) is 4.79 Å². The lowest BCUT2D eigenvalue weighted by atomic mass is 10.0. The van der Waals surface area contributed by atoms with Crippen LogP contribution in [0, 0.1) is 13.8 Å². The molecule has 0 spiro atoms. The van der Waals surface area contributed by atoms with Crippen LogP contribution >= 0.6 is 0 Å². The molecule has 0 aromatic heterocycles. The first kappa shape index (κ1) is 19.2. The first-order chi connectivity index (χ1) is 13.1. The molecule has 3 rings (SSSR count). The molecular formula is C23H28N2O2. The molecule has 27 heavy (non-hydrogen) atoms. The van der Waals surface area contributed by atoms with E-state index in [2.05, 4.69) is 29.2 Å². The van der Waals surface area contributed by atoms with Gasteiger partial charge < -0.3 is 9.64 Å². The van der Waals surface area contributed by atoms with Crippen molar-refractivity contribution in [1.82, 2.24) is 9.80 Å². The maximum atomic E-state index is 12.6. The van der Waals surface area contributed by atoms with E-state index in [1.165, 1.54) is 5.56 Å². The third kappa shape index (κ3) is 4.98. The minimum Gasteiger partial charge on any atom is -0.497 e. The topological polar surface area (TPSA) is 32.8 Å². The third-order valence-electron chi connectivity index (χ3n) is 5.13. The Morgan fingerprint density at radius 1 is 1.04 bits per heavy atom. The minimum absolute atomic E-state index is 0.0870. The molecule has 0 bridgehead atoms. The highest BCUT2D eigenvalue weighted by molar-refractivity contribution is 5.92. The molecule has 1 fully saturated rings. The number of aryl methyl sites for hydroxylation is 2. The van der Waals surface area contributed by atoms with Crippen molar-refractivity contribution in [2.45, 2.75) is 20.4 Å². The highest BCUT2D eigenvalue weighted by Gasteiger charge is 2.19. The van der Waals surface area contributed by atoms with Gasteiger partial charge in [-0.2, -0.15) is 0 Å². The average molecular weight is 364 g/mol. The van der Waals surface area contributed by atoms with Crippen molar-refractivity contribution in [3.63, 3.8) is 0 Å². The fourth-order valence-electron chi connectivity index (χ4n) is 3.54. The summed E-state index contributed by atoms with van der Waals surface area (Å²) in [6, 6.07) is 14.5. The second kappa shape index (κ2) is 8.87. The van der Waals surface area contributed by atoms with Gasteiger partial charge in [0, 0.05) is 38.8 Å². The minimum atomic E-state index is 0.0870. The van der Waals surface area contributed by atoms with Gasteiger partial charge in [-0.1, -0.05) is 30.3 Å². The molecule has 0 N–H and O–H groups in total. The molecule has 0 unspecified atom stereocenters. The van der Waals surface area contributed by atoms with Crippen molar-refractivity contribution >= 4 is 12.0 Å². The lowest BCUT2D eigenvalue weighted by Crippen LogP contribution is -2.47. The van der Waals surface area contributed by atoms with Gasteiger partial charge in [-0.25, -0.2) is 0 Å². The van der Waals surface area contributed by atoms with Crippen molar-refractivity contribution in [3.8, 4) is 5.75 Å². The van der Waals surface area contributed by atoms with Crippen LogP contribution in [-0.4, -0.2) is 49.0 Å². The maximum absolute atomic E-state index is 12.6. The Bertz CT molecular complexity index is 783. The van der Waals surface area contributed by atoms with E-state index in [1.54, 1.807) is 13.2 Å². The van der Waals surface area contributed by atoms with E-state index in [-0.39, 0.29) is 5.91 Å². The fraction of sp³-hybridized carbons (Fsp3) is 0.348. The molecule has 142 valence electrons. The highest BCUT2D eigenvalue weighted by Crippen LogP contribution is 2.23. The summed E-state index contributed by atoms with van der Waals surface area (Å²) < 4.78 is 5.30. The summed E-state index contributed by atoms with van der Waals surface area (Å²) in [4.78, 5) is 16.9. The van der Waals surface area contributed by atoms with Crippen molar-refractivity contribution in [2.75, 3.05) is 33.3 Å². The van der Waals surface area contributed by atoms with E-state index < -0.39 is 0 Å². The van der Waals surface area contributed by atoms with E-state index >= 15 is 0 Å². The standard InChI is InChI=1S/C23H28N2O2/c1-18-15-21(27-3)16-19(2)22(18)9-10-23(26)25-13-11-24(12-14-25)17-20-7-5-4-6-8-20/h4-10,15-16H,11-14,17H2,1-3H3/b10-9+. The molecule has 1 aliphatic rings. The fourth-order valence-corrected chi connectivity index (χ4v) is 3.54. The third-order valence-corrected chi connectivity index (χ3v) is 5.13. The van der Waals surface area contributed by atoms with Crippen LogP contribution in [0.3, 0.4) is 0 Å². The van der Waals surface area contributed by atoms with E-state index in [0.29, 0.717) is 0 Å². The van der Waals surface area contributed by atoms with Crippen molar-refractivity contribution in [1.29, 1.82) is 0 Å². The van der Waals surface area contributed by atoms with E-state index in [4.69, 9.17) is 4.74 Å². The first-order valence-electron chi connectivity index (χ1n) is 9.45. The highest BCUT2D eigenvalue weighted by atomic mass is 16.5. The number of carbonyl (C=O) groups is 1. The van der Waals surface area contributed by atoms with Gasteiger partial charge in [0.15, 0.2) is 0 Å². The van der Waals surface area contributed by atoms with Crippen LogP contribution in [0.1, 0.15) is 22.3 Å². The molecule has 1 saturated heterocycles. The normalized spacial score (nSPS) is 15.3. The molecule has 4 heteroatoms. The van der Waals surface area contributed by atoms with Crippen LogP contribution in [0.2, 0.25) is 0 Å². The Balaban J connectivity index is 1.56. The maximum Gasteiger partial charge on any atom is 0.246 e. The number of nitrogens with zero attached hydrogens (tertiary/aromatic N) is 2. The number of methoxy groups -OCH3 is 1. The number of piperazine rings is 1. The molecule has 1 heterocycles. The summed E-state index contributed by atoms with van der Waals surface area (Å²) in [5, 5.41) is 0. The molecule has 4 nitrogen and oxygen atoms in total. The molecule has 0 saturated carbocycles. The smallest absolute Gasteiger partial charge is 0.246 e. The second-order valence-corrected chi connectivity index (χ2v) is 7.10. The number of ether oxygens (including phenoxy) is 1. The lowest BCUT2D eigenvalue weighted by molar-refractivity contribution is -0.127. The molecule has 0 atom stereocenters. The van der Waals surface area contributed by atoms with Gasteiger partial charge in [0.05, 0.1) is 7.11 Å². The van der Waals surface area contributed by atoms with Crippen molar-refractivity contribution in [2.24, 2.45) is 0 Å². The first-order valence-corrected chi connectivity index (χ1v) is 9.45. The Hall–Kier alpha value is -2.59. The number of hydrogen-bond donors (Lipinski definition) is 0. The predicted molar refractivity (Wildman–Crippen MR) is 110 cm³/mol. The van der Waals surface area contributed by atoms with Crippen LogP contribution in [0.15, 0.2) is 48.5 Å². The quantitative estimate of drug-likeness (QED) is 0.759. The van der Waals surface area contributed by atoms with Crippen LogP contribution in [-0.2, 0) is 11.3 Å². The number of carbonyl (C=O) groups excluding carboxylic acids is 1. The number of amides is 1. The molecule has 1 amide bonds. The van der Waals surface area contributed by atoms with Gasteiger partial charge in [0.1, 0.15) is 5.75 Å². The molecule has 2 aromatic carbocycles. The molecular weight excluding hydrogens is 336 g/mol. The molecule has 0 radical (unpaired) electrons. The second-order valence-electron chi connectivity index (χ2n) is 7.10. The molecule has 1 aliphatic heterocycles. The molecule has 2 aromatic rings. The Kier molecular flexibility index (Phi) is 6.30. The van der Waals surface area contributed by atoms with Crippen molar-refractivity contribution in [3.05, 3.63) is 70.8 Å². The van der Waals surface area contributed by atoms with Crippen LogP contribution in [0.25, 0.3) is 6.08 Å². The summed E-state index contributed by atoms with van der Waals surface area (Å²) in [6.45, 7) is 8.41.